The summed E-state index contributed by atoms with van der Waals surface area (Å²) in [6.07, 6.45) is 6.76. The summed E-state index contributed by atoms with van der Waals surface area (Å²) in [7, 11) is 0. The number of carbonyl (C=O) groups excluding carboxylic acids is 1. The van der Waals surface area contributed by atoms with E-state index in [-0.39, 0.29) is 5.91 Å². The molecule has 4 nitrogen and oxygen atoms in total. The van der Waals surface area contributed by atoms with Gasteiger partial charge in [0, 0.05) is 31.3 Å². The number of nitrogens with zero attached hydrogens (tertiary/aromatic N) is 2. The third-order valence-corrected chi connectivity index (χ3v) is 4.34. The van der Waals surface area contributed by atoms with Gasteiger partial charge in [-0.15, -0.1) is 0 Å². The lowest BCUT2D eigenvalue weighted by atomic mass is 10.1. The molecule has 1 fully saturated rings. The number of nitrogens with two attached hydrogens (primary N) is 1. The minimum Gasteiger partial charge on any atom is -0.341 e. The van der Waals surface area contributed by atoms with Crippen LogP contribution in [-0.4, -0.2) is 28.5 Å². The zero-order chi connectivity index (χ0) is 14.7. The Hall–Kier alpha value is -1.81. The summed E-state index contributed by atoms with van der Waals surface area (Å²) in [6.45, 7) is 2.77. The summed E-state index contributed by atoms with van der Waals surface area (Å²) < 4.78 is 2.04. The Morgan fingerprint density at radius 2 is 1.86 bits per heavy atom. The summed E-state index contributed by atoms with van der Waals surface area (Å²) >= 11 is 0. The average molecular weight is 285 g/mol. The van der Waals surface area contributed by atoms with Gasteiger partial charge in [-0.25, -0.2) is 0 Å². The molecule has 2 heterocycles. The summed E-state index contributed by atoms with van der Waals surface area (Å²) in [5.41, 5.74) is 7.91. The molecule has 0 aliphatic carbocycles. The van der Waals surface area contributed by atoms with Crippen molar-refractivity contribution in [3.63, 3.8) is 0 Å². The first-order valence-corrected chi connectivity index (χ1v) is 7.83. The van der Waals surface area contributed by atoms with Gasteiger partial charge in [0.2, 0.25) is 5.91 Å². The van der Waals surface area contributed by atoms with Gasteiger partial charge in [-0.05, 0) is 35.9 Å². The van der Waals surface area contributed by atoms with Crippen LogP contribution in [0.2, 0.25) is 0 Å². The summed E-state index contributed by atoms with van der Waals surface area (Å²) in [6, 6.07) is 8.27. The Kier molecular flexibility index (Phi) is 4.25. The molecule has 1 aromatic carbocycles. The second-order valence-electron chi connectivity index (χ2n) is 5.84. The minimum absolute atomic E-state index is 0.229. The Bertz CT molecular complexity index is 624. The predicted octanol–water partition coefficient (Wildman–Crippen LogP) is 2.50. The van der Waals surface area contributed by atoms with Gasteiger partial charge < -0.3 is 15.2 Å². The van der Waals surface area contributed by atoms with Gasteiger partial charge in [0.25, 0.3) is 0 Å². The van der Waals surface area contributed by atoms with E-state index < -0.39 is 0 Å². The van der Waals surface area contributed by atoms with Crippen LogP contribution >= 0.6 is 0 Å². The number of carbonyl (C=O) groups is 1. The number of hydrogen-bond donors (Lipinski definition) is 1. The van der Waals surface area contributed by atoms with E-state index in [9.17, 15) is 4.79 Å². The van der Waals surface area contributed by atoms with Crippen LogP contribution in [0.3, 0.4) is 0 Å². The molecule has 1 aliphatic heterocycles. The first kappa shape index (κ1) is 14.1. The molecule has 3 rings (SSSR count). The van der Waals surface area contributed by atoms with Gasteiger partial charge in [0.05, 0.1) is 0 Å². The lowest BCUT2D eigenvalue weighted by Crippen LogP contribution is -2.34. The fraction of sp³-hybridized carbons (Fsp3) is 0.471. The molecule has 2 N–H and O–H groups in total. The normalized spacial score (nSPS) is 16.1. The van der Waals surface area contributed by atoms with Crippen molar-refractivity contribution in [3.8, 4) is 0 Å². The molecule has 0 unspecified atom stereocenters. The largest absolute Gasteiger partial charge is 0.341 e. The maximum Gasteiger partial charge on any atom is 0.242 e. The van der Waals surface area contributed by atoms with E-state index >= 15 is 0 Å². The zero-order valence-electron chi connectivity index (χ0n) is 12.4. The molecule has 0 spiro atoms. The molecule has 0 bridgehead atoms. The fourth-order valence-electron chi connectivity index (χ4n) is 3.06. The average Bonchev–Trinajstić information content (AvgIpc) is 2.74. The number of rotatable bonds is 3. The van der Waals surface area contributed by atoms with Gasteiger partial charge in [0.1, 0.15) is 6.54 Å². The van der Waals surface area contributed by atoms with Crippen molar-refractivity contribution in [2.75, 3.05) is 13.1 Å². The highest BCUT2D eigenvalue weighted by Crippen LogP contribution is 2.18. The lowest BCUT2D eigenvalue weighted by Gasteiger charge is -2.20. The molecular formula is C17H23N3O. The summed E-state index contributed by atoms with van der Waals surface area (Å²) in [5.74, 6) is 0.229. The second-order valence-corrected chi connectivity index (χ2v) is 5.84. The Labute approximate surface area is 125 Å². The van der Waals surface area contributed by atoms with Gasteiger partial charge in [-0.2, -0.15) is 0 Å². The Morgan fingerprint density at radius 3 is 2.57 bits per heavy atom. The van der Waals surface area contributed by atoms with Crippen LogP contribution in [0.25, 0.3) is 10.9 Å². The highest BCUT2D eigenvalue weighted by Gasteiger charge is 2.16. The van der Waals surface area contributed by atoms with Crippen molar-refractivity contribution in [2.45, 2.75) is 38.8 Å². The standard InChI is InChI=1S/C17H23N3O/c18-12-14-5-6-15-7-10-20(16(15)11-14)13-17(21)19-8-3-1-2-4-9-19/h5-7,10-11H,1-4,8-9,12-13,18H2. The van der Waals surface area contributed by atoms with Crippen LogP contribution in [0.15, 0.2) is 30.5 Å². The van der Waals surface area contributed by atoms with Crippen molar-refractivity contribution in [1.82, 2.24) is 9.47 Å². The summed E-state index contributed by atoms with van der Waals surface area (Å²) in [5, 5.41) is 1.16. The first-order chi connectivity index (χ1) is 10.3. The van der Waals surface area contributed by atoms with Crippen LogP contribution in [0, 0.1) is 0 Å². The van der Waals surface area contributed by atoms with Crippen molar-refractivity contribution >= 4 is 16.8 Å². The highest BCUT2D eigenvalue weighted by atomic mass is 16.2. The molecule has 2 aromatic rings. The molecule has 0 saturated carbocycles. The molecule has 0 atom stereocenters. The Morgan fingerprint density at radius 1 is 1.10 bits per heavy atom. The van der Waals surface area contributed by atoms with E-state index in [4.69, 9.17) is 5.73 Å². The topological polar surface area (TPSA) is 51.3 Å². The number of fused-ring (bicyclic) bond motifs is 1. The number of benzene rings is 1. The van der Waals surface area contributed by atoms with E-state index in [2.05, 4.69) is 18.2 Å². The van der Waals surface area contributed by atoms with E-state index in [0.29, 0.717) is 13.1 Å². The number of amides is 1. The Balaban J connectivity index is 1.78. The number of likely N-dealkylation sites (tertiary alicyclic amines) is 1. The molecule has 4 heteroatoms. The maximum absolute atomic E-state index is 12.5. The van der Waals surface area contributed by atoms with Crippen LogP contribution in [-0.2, 0) is 17.9 Å². The highest BCUT2D eigenvalue weighted by molar-refractivity contribution is 5.84. The predicted molar refractivity (Wildman–Crippen MR) is 84.9 cm³/mol. The monoisotopic (exact) mass is 285 g/mol. The minimum atomic E-state index is 0.229. The quantitative estimate of drug-likeness (QED) is 0.942. The molecule has 1 aliphatic rings. The lowest BCUT2D eigenvalue weighted by molar-refractivity contribution is -0.131. The van der Waals surface area contributed by atoms with Crippen LogP contribution in [0.1, 0.15) is 31.2 Å². The third kappa shape index (κ3) is 3.10. The van der Waals surface area contributed by atoms with Crippen molar-refractivity contribution in [2.24, 2.45) is 5.73 Å². The van der Waals surface area contributed by atoms with Gasteiger partial charge in [0.15, 0.2) is 0 Å². The van der Waals surface area contributed by atoms with E-state index in [1.54, 1.807) is 0 Å². The number of hydrogen-bond acceptors (Lipinski definition) is 2. The maximum atomic E-state index is 12.5. The molecule has 1 aromatic heterocycles. The third-order valence-electron chi connectivity index (χ3n) is 4.34. The molecule has 112 valence electrons. The van der Waals surface area contributed by atoms with E-state index in [1.165, 1.54) is 12.8 Å². The van der Waals surface area contributed by atoms with Gasteiger partial charge >= 0.3 is 0 Å². The molecule has 21 heavy (non-hydrogen) atoms. The molecule has 1 saturated heterocycles. The van der Waals surface area contributed by atoms with Crippen molar-refractivity contribution < 1.29 is 4.79 Å². The second kappa shape index (κ2) is 6.31. The first-order valence-electron chi connectivity index (χ1n) is 7.83. The molecular weight excluding hydrogens is 262 g/mol. The van der Waals surface area contributed by atoms with Crippen molar-refractivity contribution in [3.05, 3.63) is 36.0 Å². The van der Waals surface area contributed by atoms with Crippen LogP contribution < -0.4 is 5.73 Å². The van der Waals surface area contributed by atoms with Gasteiger partial charge in [-0.1, -0.05) is 25.0 Å². The van der Waals surface area contributed by atoms with Crippen LogP contribution in [0.5, 0.6) is 0 Å². The fourth-order valence-corrected chi connectivity index (χ4v) is 3.06. The SMILES string of the molecule is NCc1ccc2ccn(CC(=O)N3CCCCCC3)c2c1. The van der Waals surface area contributed by atoms with E-state index in [0.717, 1.165) is 42.4 Å². The summed E-state index contributed by atoms with van der Waals surface area (Å²) in [4.78, 5) is 14.5. The van der Waals surface area contributed by atoms with Crippen LogP contribution in [0.4, 0.5) is 0 Å². The van der Waals surface area contributed by atoms with Gasteiger partial charge in [-0.3, -0.25) is 4.79 Å². The smallest absolute Gasteiger partial charge is 0.242 e. The number of aromatic nitrogens is 1. The molecule has 0 radical (unpaired) electrons. The molecule has 1 amide bonds. The van der Waals surface area contributed by atoms with Crippen molar-refractivity contribution in [1.29, 1.82) is 0 Å². The zero-order valence-corrected chi connectivity index (χ0v) is 12.4. The van der Waals surface area contributed by atoms with E-state index in [1.807, 2.05) is 21.7 Å².